The summed E-state index contributed by atoms with van der Waals surface area (Å²) in [4.78, 5) is 13.7. The van der Waals surface area contributed by atoms with E-state index in [9.17, 15) is 4.79 Å². The van der Waals surface area contributed by atoms with Crippen LogP contribution in [0.5, 0.6) is 0 Å². The lowest BCUT2D eigenvalue weighted by Crippen LogP contribution is -2.54. The zero-order chi connectivity index (χ0) is 10.8. The van der Waals surface area contributed by atoms with Crippen LogP contribution in [0.4, 0.5) is 0 Å². The molecule has 1 fully saturated rings. The topological polar surface area (TPSA) is 66.6 Å². The van der Waals surface area contributed by atoms with Gasteiger partial charge in [-0.05, 0) is 26.2 Å². The predicted octanol–water partition coefficient (Wildman–Crippen LogP) is 0.0971. The number of aliphatic hydroxyl groups is 1. The highest BCUT2D eigenvalue weighted by molar-refractivity contribution is 5.86. The zero-order valence-electron chi connectivity index (χ0n) is 8.99. The van der Waals surface area contributed by atoms with Crippen LogP contribution in [0, 0.1) is 0 Å². The minimum absolute atomic E-state index is 0.0167. The molecule has 0 aromatic heterocycles. The van der Waals surface area contributed by atoms with Crippen molar-refractivity contribution in [2.75, 3.05) is 13.2 Å². The van der Waals surface area contributed by atoms with Crippen LogP contribution in [0.1, 0.15) is 33.1 Å². The second-order valence-corrected chi connectivity index (χ2v) is 4.25. The summed E-state index contributed by atoms with van der Waals surface area (Å²) in [7, 11) is 0. The third kappa shape index (κ3) is 2.07. The molecule has 0 bridgehead atoms. The predicted molar refractivity (Wildman–Crippen MR) is 54.7 cm³/mol. The minimum Gasteiger partial charge on any atom is -0.394 e. The van der Waals surface area contributed by atoms with E-state index in [1.165, 1.54) is 0 Å². The first kappa shape index (κ1) is 11.5. The lowest BCUT2D eigenvalue weighted by atomic mass is 9.98. The fraction of sp³-hybridized carbons (Fsp3) is 0.900. The Hall–Kier alpha value is -0.610. The lowest BCUT2D eigenvalue weighted by Gasteiger charge is -2.31. The van der Waals surface area contributed by atoms with Gasteiger partial charge in [0.1, 0.15) is 0 Å². The first-order valence-corrected chi connectivity index (χ1v) is 5.23. The summed E-state index contributed by atoms with van der Waals surface area (Å²) in [6.07, 6.45) is 2.49. The molecule has 1 aliphatic rings. The Bertz CT molecular complexity index is 216. The Morgan fingerprint density at radius 3 is 2.86 bits per heavy atom. The Balaban J connectivity index is 2.69. The molecule has 0 aromatic carbocycles. The zero-order valence-corrected chi connectivity index (χ0v) is 8.99. The molecule has 1 heterocycles. The molecule has 4 nitrogen and oxygen atoms in total. The van der Waals surface area contributed by atoms with Gasteiger partial charge in [0, 0.05) is 6.54 Å². The van der Waals surface area contributed by atoms with Gasteiger partial charge in [-0.1, -0.05) is 6.92 Å². The highest BCUT2D eigenvalue weighted by Gasteiger charge is 2.36. The number of amides is 1. The molecule has 4 heteroatoms. The van der Waals surface area contributed by atoms with Crippen molar-refractivity contribution in [1.29, 1.82) is 0 Å². The van der Waals surface area contributed by atoms with E-state index in [2.05, 4.69) is 0 Å². The SMILES string of the molecule is CCC(C)(N)C(=O)N1CCCC1CO. The van der Waals surface area contributed by atoms with Crippen LogP contribution in [0.15, 0.2) is 0 Å². The number of hydrogen-bond acceptors (Lipinski definition) is 3. The van der Waals surface area contributed by atoms with Crippen molar-refractivity contribution < 1.29 is 9.90 Å². The maximum absolute atomic E-state index is 12.0. The van der Waals surface area contributed by atoms with Crippen molar-refractivity contribution >= 4 is 5.91 Å². The summed E-state index contributed by atoms with van der Waals surface area (Å²) in [5.74, 6) is -0.0310. The molecule has 0 saturated carbocycles. The molecule has 2 unspecified atom stereocenters. The van der Waals surface area contributed by atoms with Gasteiger partial charge >= 0.3 is 0 Å². The summed E-state index contributed by atoms with van der Waals surface area (Å²) >= 11 is 0. The molecule has 14 heavy (non-hydrogen) atoms. The van der Waals surface area contributed by atoms with Crippen molar-refractivity contribution in [2.45, 2.75) is 44.7 Å². The molecular weight excluding hydrogens is 180 g/mol. The largest absolute Gasteiger partial charge is 0.394 e. The van der Waals surface area contributed by atoms with E-state index >= 15 is 0 Å². The van der Waals surface area contributed by atoms with Crippen molar-refractivity contribution in [3.63, 3.8) is 0 Å². The molecule has 1 saturated heterocycles. The maximum Gasteiger partial charge on any atom is 0.242 e. The van der Waals surface area contributed by atoms with Crippen molar-refractivity contribution in [1.82, 2.24) is 4.90 Å². The van der Waals surface area contributed by atoms with Gasteiger partial charge < -0.3 is 15.7 Å². The van der Waals surface area contributed by atoms with Gasteiger partial charge in [0.25, 0.3) is 0 Å². The normalized spacial score (nSPS) is 26.3. The number of nitrogens with two attached hydrogens (primary N) is 1. The average Bonchev–Trinajstić information content (AvgIpc) is 2.64. The van der Waals surface area contributed by atoms with Gasteiger partial charge in [-0.3, -0.25) is 4.79 Å². The molecule has 0 spiro atoms. The van der Waals surface area contributed by atoms with E-state index in [0.29, 0.717) is 6.42 Å². The Kier molecular flexibility index (Phi) is 3.50. The van der Waals surface area contributed by atoms with Crippen molar-refractivity contribution in [3.05, 3.63) is 0 Å². The smallest absolute Gasteiger partial charge is 0.242 e. The summed E-state index contributed by atoms with van der Waals surface area (Å²) < 4.78 is 0. The van der Waals surface area contributed by atoms with E-state index < -0.39 is 5.54 Å². The molecule has 0 radical (unpaired) electrons. The van der Waals surface area contributed by atoms with Crippen LogP contribution in [-0.2, 0) is 4.79 Å². The lowest BCUT2D eigenvalue weighted by molar-refractivity contribution is -0.138. The third-order valence-electron chi connectivity index (χ3n) is 3.07. The molecule has 1 aliphatic heterocycles. The molecule has 1 rings (SSSR count). The van der Waals surface area contributed by atoms with Gasteiger partial charge in [-0.25, -0.2) is 0 Å². The number of hydrogen-bond donors (Lipinski definition) is 2. The Morgan fingerprint density at radius 2 is 2.36 bits per heavy atom. The number of likely N-dealkylation sites (tertiary alicyclic amines) is 1. The van der Waals surface area contributed by atoms with Gasteiger partial charge in [-0.2, -0.15) is 0 Å². The molecule has 82 valence electrons. The average molecular weight is 200 g/mol. The third-order valence-corrected chi connectivity index (χ3v) is 3.07. The maximum atomic E-state index is 12.0. The quantitative estimate of drug-likeness (QED) is 0.679. The number of rotatable bonds is 3. The van der Waals surface area contributed by atoms with E-state index in [4.69, 9.17) is 10.8 Å². The van der Waals surface area contributed by atoms with Crippen LogP contribution >= 0.6 is 0 Å². The first-order valence-electron chi connectivity index (χ1n) is 5.23. The van der Waals surface area contributed by atoms with Crippen LogP contribution in [0.25, 0.3) is 0 Å². The summed E-state index contributed by atoms with van der Waals surface area (Å²) in [5.41, 5.74) is 5.10. The summed E-state index contributed by atoms with van der Waals surface area (Å²) in [6, 6.07) is -0.0167. The number of carbonyl (C=O) groups excluding carboxylic acids is 1. The molecule has 1 amide bonds. The minimum atomic E-state index is -0.780. The molecule has 2 atom stereocenters. The highest BCUT2D eigenvalue weighted by Crippen LogP contribution is 2.21. The van der Waals surface area contributed by atoms with E-state index in [-0.39, 0.29) is 18.6 Å². The Morgan fingerprint density at radius 1 is 1.71 bits per heavy atom. The van der Waals surface area contributed by atoms with Crippen molar-refractivity contribution in [2.24, 2.45) is 5.73 Å². The van der Waals surface area contributed by atoms with Crippen LogP contribution < -0.4 is 5.73 Å². The molecule has 0 aliphatic carbocycles. The second kappa shape index (κ2) is 4.28. The fourth-order valence-electron chi connectivity index (χ4n) is 1.77. The summed E-state index contributed by atoms with van der Waals surface area (Å²) in [5, 5.41) is 9.09. The van der Waals surface area contributed by atoms with Gasteiger partial charge in [-0.15, -0.1) is 0 Å². The van der Waals surface area contributed by atoms with Gasteiger partial charge in [0.2, 0.25) is 5.91 Å². The monoisotopic (exact) mass is 200 g/mol. The van der Waals surface area contributed by atoms with E-state index in [1.54, 1.807) is 11.8 Å². The van der Waals surface area contributed by atoms with Crippen LogP contribution in [-0.4, -0.2) is 40.6 Å². The van der Waals surface area contributed by atoms with E-state index in [1.807, 2.05) is 6.92 Å². The molecular formula is C10H20N2O2. The van der Waals surface area contributed by atoms with Crippen LogP contribution in [0.2, 0.25) is 0 Å². The Labute approximate surface area is 85.1 Å². The van der Waals surface area contributed by atoms with Crippen molar-refractivity contribution in [3.8, 4) is 0 Å². The second-order valence-electron chi connectivity index (χ2n) is 4.25. The highest BCUT2D eigenvalue weighted by atomic mass is 16.3. The van der Waals surface area contributed by atoms with Gasteiger partial charge in [0.15, 0.2) is 0 Å². The first-order chi connectivity index (χ1) is 6.53. The number of carbonyl (C=O) groups is 1. The molecule has 0 aromatic rings. The number of nitrogens with zero attached hydrogens (tertiary/aromatic N) is 1. The molecule has 3 N–H and O–H groups in total. The fourth-order valence-corrected chi connectivity index (χ4v) is 1.77. The van der Waals surface area contributed by atoms with Crippen LogP contribution in [0.3, 0.4) is 0 Å². The number of aliphatic hydroxyl groups excluding tert-OH is 1. The summed E-state index contributed by atoms with van der Waals surface area (Å²) in [6.45, 7) is 4.44. The standard InChI is InChI=1S/C10H20N2O2/c1-3-10(2,11)9(14)12-6-4-5-8(12)7-13/h8,13H,3-7,11H2,1-2H3. The van der Waals surface area contributed by atoms with Gasteiger partial charge in [0.05, 0.1) is 18.2 Å². The van der Waals surface area contributed by atoms with E-state index in [0.717, 1.165) is 19.4 Å².